The normalized spacial score (nSPS) is 15.5. The summed E-state index contributed by atoms with van der Waals surface area (Å²) in [4.78, 5) is 41.8. The highest BCUT2D eigenvalue weighted by Gasteiger charge is 2.29. The fourth-order valence-electron chi connectivity index (χ4n) is 4.94. The van der Waals surface area contributed by atoms with Crippen molar-refractivity contribution in [2.45, 2.75) is 19.3 Å². The van der Waals surface area contributed by atoms with Crippen molar-refractivity contribution in [3.05, 3.63) is 61.9 Å². The minimum atomic E-state index is -0.360. The number of rotatable bonds is 3. The average Bonchev–Trinajstić information content (AvgIpc) is 3.14. The molecule has 10 nitrogen and oxygen atoms in total. The van der Waals surface area contributed by atoms with Gasteiger partial charge in [-0.05, 0) is 43.0 Å². The van der Waals surface area contributed by atoms with Gasteiger partial charge in [0, 0.05) is 57.5 Å². The van der Waals surface area contributed by atoms with Crippen molar-refractivity contribution in [3.63, 3.8) is 0 Å². The Morgan fingerprint density at radius 2 is 1.85 bits per heavy atom. The standard InChI is InChI=1S/C24H28N6O4/c1-27-19(14-20(31)28(2)24(27)33)29-9-4-10-30(12-11-29)23(32)22-18-7-5-15-13-16(34-3)6-8-17(15)21(18)25-26-22/h6,8,13-14H,4-5,7,9-12H2,1-3H3,(H,25,26). The average molecular weight is 465 g/mol. The summed E-state index contributed by atoms with van der Waals surface area (Å²) >= 11 is 0. The maximum atomic E-state index is 13.5. The van der Waals surface area contributed by atoms with E-state index in [0.29, 0.717) is 37.7 Å². The summed E-state index contributed by atoms with van der Waals surface area (Å²) in [6.07, 6.45) is 2.29. The number of hydrogen-bond donors (Lipinski definition) is 1. The summed E-state index contributed by atoms with van der Waals surface area (Å²) in [7, 11) is 4.78. The van der Waals surface area contributed by atoms with E-state index in [-0.39, 0.29) is 17.2 Å². The van der Waals surface area contributed by atoms with Crippen molar-refractivity contribution in [3.8, 4) is 17.0 Å². The van der Waals surface area contributed by atoms with Crippen LogP contribution in [0.3, 0.4) is 0 Å². The molecule has 3 heterocycles. The van der Waals surface area contributed by atoms with Crippen LogP contribution in [0.2, 0.25) is 0 Å². The van der Waals surface area contributed by atoms with Crippen LogP contribution in [-0.2, 0) is 26.9 Å². The van der Waals surface area contributed by atoms with E-state index in [2.05, 4.69) is 10.2 Å². The molecule has 0 atom stereocenters. The van der Waals surface area contributed by atoms with Crippen LogP contribution in [0.25, 0.3) is 11.3 Å². The summed E-state index contributed by atoms with van der Waals surface area (Å²) in [5.41, 5.74) is 3.84. The third-order valence-electron chi connectivity index (χ3n) is 6.90. The van der Waals surface area contributed by atoms with Crippen molar-refractivity contribution in [1.29, 1.82) is 0 Å². The van der Waals surface area contributed by atoms with Gasteiger partial charge < -0.3 is 14.5 Å². The van der Waals surface area contributed by atoms with Gasteiger partial charge in [0.25, 0.3) is 11.5 Å². The molecule has 34 heavy (non-hydrogen) atoms. The van der Waals surface area contributed by atoms with E-state index in [1.807, 2.05) is 28.0 Å². The van der Waals surface area contributed by atoms with Crippen molar-refractivity contribution >= 4 is 11.7 Å². The lowest BCUT2D eigenvalue weighted by Gasteiger charge is -2.25. The number of benzene rings is 1. The summed E-state index contributed by atoms with van der Waals surface area (Å²) in [5.74, 6) is 1.33. The van der Waals surface area contributed by atoms with Crippen LogP contribution in [0.15, 0.2) is 33.9 Å². The second-order valence-electron chi connectivity index (χ2n) is 8.82. The first-order valence-corrected chi connectivity index (χ1v) is 11.4. The van der Waals surface area contributed by atoms with E-state index in [1.54, 1.807) is 14.2 Å². The number of nitrogens with one attached hydrogen (secondary N) is 1. The van der Waals surface area contributed by atoms with E-state index in [9.17, 15) is 14.4 Å². The molecular weight excluding hydrogens is 436 g/mol. The zero-order chi connectivity index (χ0) is 24.0. The van der Waals surface area contributed by atoms with Crippen LogP contribution >= 0.6 is 0 Å². The Bertz CT molecular complexity index is 1390. The number of ether oxygens (including phenoxy) is 1. The van der Waals surface area contributed by atoms with Gasteiger partial charge in [-0.3, -0.25) is 23.8 Å². The Morgan fingerprint density at radius 3 is 2.65 bits per heavy atom. The summed E-state index contributed by atoms with van der Waals surface area (Å²) < 4.78 is 7.91. The number of amides is 1. The maximum Gasteiger partial charge on any atom is 0.332 e. The number of hydrogen-bond acceptors (Lipinski definition) is 6. The molecule has 10 heteroatoms. The first-order chi connectivity index (χ1) is 16.4. The van der Waals surface area contributed by atoms with Crippen molar-refractivity contribution in [2.24, 2.45) is 14.1 Å². The monoisotopic (exact) mass is 464 g/mol. The van der Waals surface area contributed by atoms with Crippen molar-refractivity contribution in [2.75, 3.05) is 38.2 Å². The van der Waals surface area contributed by atoms with Crippen LogP contribution < -0.4 is 20.9 Å². The Morgan fingerprint density at radius 1 is 1.03 bits per heavy atom. The molecule has 0 unspecified atom stereocenters. The summed E-state index contributed by atoms with van der Waals surface area (Å²) in [6, 6.07) is 7.43. The molecule has 2 aliphatic rings. The van der Waals surface area contributed by atoms with Gasteiger partial charge >= 0.3 is 5.69 Å². The Kier molecular flexibility index (Phi) is 5.51. The van der Waals surface area contributed by atoms with Crippen LogP contribution in [0.1, 0.15) is 28.0 Å². The molecular formula is C24H28N6O4. The Labute approximate surface area is 196 Å². The second-order valence-corrected chi connectivity index (χ2v) is 8.82. The predicted octanol–water partition coefficient (Wildman–Crippen LogP) is 0.934. The zero-order valence-electron chi connectivity index (χ0n) is 19.6. The molecule has 1 aliphatic heterocycles. The van der Waals surface area contributed by atoms with Crippen molar-refractivity contribution < 1.29 is 9.53 Å². The number of aromatic amines is 1. The highest BCUT2D eigenvalue weighted by Crippen LogP contribution is 2.35. The fourth-order valence-corrected chi connectivity index (χ4v) is 4.94. The van der Waals surface area contributed by atoms with Crippen LogP contribution in [-0.4, -0.2) is 63.4 Å². The lowest BCUT2D eigenvalue weighted by molar-refractivity contribution is 0.0760. The van der Waals surface area contributed by atoms with E-state index < -0.39 is 0 Å². The lowest BCUT2D eigenvalue weighted by Crippen LogP contribution is -2.41. The molecule has 5 rings (SSSR count). The molecule has 1 aliphatic carbocycles. The largest absolute Gasteiger partial charge is 0.497 e. The van der Waals surface area contributed by atoms with Gasteiger partial charge in [0.1, 0.15) is 17.3 Å². The molecule has 0 saturated carbocycles. The summed E-state index contributed by atoms with van der Waals surface area (Å²) in [5, 5.41) is 7.50. The lowest BCUT2D eigenvalue weighted by atomic mass is 9.88. The molecule has 1 N–H and O–H groups in total. The molecule has 0 radical (unpaired) electrons. The van der Waals surface area contributed by atoms with Gasteiger partial charge in [-0.1, -0.05) is 0 Å². The molecule has 0 bridgehead atoms. The molecule has 3 aromatic rings. The molecule has 1 amide bonds. The molecule has 1 fully saturated rings. The highest BCUT2D eigenvalue weighted by molar-refractivity contribution is 5.96. The third kappa shape index (κ3) is 3.59. The zero-order valence-corrected chi connectivity index (χ0v) is 19.6. The van der Waals surface area contributed by atoms with E-state index in [0.717, 1.165) is 46.4 Å². The molecule has 178 valence electrons. The topological polar surface area (TPSA) is 105 Å². The summed E-state index contributed by atoms with van der Waals surface area (Å²) in [6.45, 7) is 2.27. The second kappa shape index (κ2) is 8.51. The third-order valence-corrected chi connectivity index (χ3v) is 6.90. The molecule has 2 aromatic heterocycles. The highest BCUT2D eigenvalue weighted by atomic mass is 16.5. The molecule has 1 aromatic carbocycles. The number of anilines is 1. The van der Waals surface area contributed by atoms with Gasteiger partial charge in [-0.25, -0.2) is 4.79 Å². The number of H-pyrrole nitrogens is 1. The Balaban J connectivity index is 1.37. The number of fused-ring (bicyclic) bond motifs is 3. The molecule has 0 spiro atoms. The maximum absolute atomic E-state index is 13.5. The minimum absolute atomic E-state index is 0.0644. The van der Waals surface area contributed by atoms with E-state index in [1.165, 1.54) is 23.2 Å². The van der Waals surface area contributed by atoms with Crippen LogP contribution in [0.4, 0.5) is 5.82 Å². The molecule has 1 saturated heterocycles. The minimum Gasteiger partial charge on any atom is -0.497 e. The number of carbonyl (C=O) groups excluding carboxylic acids is 1. The first kappa shape index (κ1) is 22.0. The first-order valence-electron chi connectivity index (χ1n) is 11.4. The predicted molar refractivity (Wildman–Crippen MR) is 128 cm³/mol. The number of carbonyl (C=O) groups is 1. The van der Waals surface area contributed by atoms with Crippen molar-refractivity contribution in [1.82, 2.24) is 24.2 Å². The van der Waals surface area contributed by atoms with Gasteiger partial charge in [0.2, 0.25) is 0 Å². The van der Waals surface area contributed by atoms with Crippen LogP contribution in [0, 0.1) is 0 Å². The SMILES string of the molecule is COc1ccc2c(c1)CCc1c-2n[nH]c1C(=O)N1CCCN(c2cc(=O)n(C)c(=O)n2C)CC1. The van der Waals surface area contributed by atoms with Gasteiger partial charge in [-0.15, -0.1) is 0 Å². The van der Waals surface area contributed by atoms with Gasteiger partial charge in [0.15, 0.2) is 0 Å². The fraction of sp³-hybridized carbons (Fsp3) is 0.417. The van der Waals surface area contributed by atoms with Gasteiger partial charge in [-0.2, -0.15) is 5.10 Å². The number of aromatic nitrogens is 4. The smallest absolute Gasteiger partial charge is 0.332 e. The number of nitrogens with zero attached hydrogens (tertiary/aromatic N) is 5. The van der Waals surface area contributed by atoms with E-state index >= 15 is 0 Å². The number of aryl methyl sites for hydroxylation is 1. The quantitative estimate of drug-likeness (QED) is 0.618. The van der Waals surface area contributed by atoms with E-state index in [4.69, 9.17) is 4.74 Å². The van der Waals surface area contributed by atoms with Crippen LogP contribution in [0.5, 0.6) is 5.75 Å². The Hall–Kier alpha value is -3.82. The van der Waals surface area contributed by atoms with Gasteiger partial charge in [0.05, 0.1) is 12.8 Å². The number of methoxy groups -OCH3 is 1.